The van der Waals surface area contributed by atoms with Gasteiger partial charge in [0, 0.05) is 11.9 Å². The fraction of sp³-hybridized carbons (Fsp3) is 0.0667. The van der Waals surface area contributed by atoms with Crippen molar-refractivity contribution in [2.24, 2.45) is 0 Å². The predicted molar refractivity (Wildman–Crippen MR) is 73.9 cm³/mol. The summed E-state index contributed by atoms with van der Waals surface area (Å²) in [5.74, 6) is 0. The highest BCUT2D eigenvalue weighted by Crippen LogP contribution is 2.19. The minimum absolute atomic E-state index is 1.04. The van der Waals surface area contributed by atoms with Crippen LogP contribution < -0.4 is 0 Å². The maximum absolute atomic E-state index is 3.83. The van der Waals surface area contributed by atoms with E-state index in [0.29, 0.717) is 0 Å². The Balaban J connectivity index is 3.35. The first kappa shape index (κ1) is 12.1. The zero-order valence-electron chi connectivity index (χ0n) is 9.69. The molecule has 0 amide bonds. The smallest absolute Gasteiger partial charge is 0.0522 e. The Morgan fingerprint density at radius 3 is 2.50 bits per heavy atom. The van der Waals surface area contributed by atoms with Crippen molar-refractivity contribution in [3.05, 3.63) is 67.6 Å². The van der Waals surface area contributed by atoms with E-state index in [0.717, 1.165) is 17.0 Å². The molecule has 0 aromatic carbocycles. The molecule has 1 aromatic rings. The molecule has 0 unspecified atom stereocenters. The molecule has 82 valence electrons. The van der Waals surface area contributed by atoms with Crippen molar-refractivity contribution >= 4 is 17.8 Å². The maximum atomic E-state index is 3.83. The first-order chi connectivity index (χ1) is 7.78. The highest BCUT2D eigenvalue weighted by molar-refractivity contribution is 5.69. The van der Waals surface area contributed by atoms with Gasteiger partial charge in [-0.05, 0) is 36.8 Å². The SMILES string of the molecule is C=C/C=C(\C=C/C)n1ccc(C=C)c1C=C. The molecule has 0 saturated heterocycles. The largest absolute Gasteiger partial charge is 0.317 e. The summed E-state index contributed by atoms with van der Waals surface area (Å²) in [6.07, 6.45) is 13.4. The van der Waals surface area contributed by atoms with Crippen LogP contribution in [0.5, 0.6) is 0 Å². The topological polar surface area (TPSA) is 4.93 Å². The Hall–Kier alpha value is -2.02. The molecule has 1 heterocycles. The Kier molecular flexibility index (Phi) is 4.34. The van der Waals surface area contributed by atoms with E-state index in [1.54, 1.807) is 6.08 Å². The van der Waals surface area contributed by atoms with E-state index in [1.165, 1.54) is 0 Å². The van der Waals surface area contributed by atoms with Crippen LogP contribution in [0.3, 0.4) is 0 Å². The van der Waals surface area contributed by atoms with E-state index in [9.17, 15) is 0 Å². The molecule has 0 saturated carbocycles. The van der Waals surface area contributed by atoms with Crippen LogP contribution in [-0.4, -0.2) is 4.57 Å². The first-order valence-corrected chi connectivity index (χ1v) is 5.20. The van der Waals surface area contributed by atoms with Crippen molar-refractivity contribution in [1.29, 1.82) is 0 Å². The van der Waals surface area contributed by atoms with Crippen LogP contribution in [0.1, 0.15) is 18.2 Å². The van der Waals surface area contributed by atoms with Gasteiger partial charge < -0.3 is 4.57 Å². The van der Waals surface area contributed by atoms with E-state index >= 15 is 0 Å². The number of aromatic nitrogens is 1. The Labute approximate surface area is 97.4 Å². The number of hydrogen-bond acceptors (Lipinski definition) is 0. The second kappa shape index (κ2) is 5.76. The first-order valence-electron chi connectivity index (χ1n) is 5.20. The van der Waals surface area contributed by atoms with Crippen LogP contribution in [0.25, 0.3) is 17.8 Å². The Bertz CT molecular complexity index is 456. The minimum Gasteiger partial charge on any atom is -0.317 e. The van der Waals surface area contributed by atoms with Crippen molar-refractivity contribution in [3.63, 3.8) is 0 Å². The van der Waals surface area contributed by atoms with Gasteiger partial charge >= 0.3 is 0 Å². The van der Waals surface area contributed by atoms with E-state index < -0.39 is 0 Å². The third kappa shape index (κ3) is 2.31. The van der Waals surface area contributed by atoms with Gasteiger partial charge in [0.2, 0.25) is 0 Å². The molecule has 0 aliphatic heterocycles. The quantitative estimate of drug-likeness (QED) is 0.637. The molecule has 1 nitrogen and oxygen atoms in total. The summed E-state index contributed by atoms with van der Waals surface area (Å²) in [5, 5.41) is 0. The van der Waals surface area contributed by atoms with Crippen molar-refractivity contribution in [1.82, 2.24) is 4.57 Å². The lowest BCUT2D eigenvalue weighted by Crippen LogP contribution is -1.95. The van der Waals surface area contributed by atoms with Crippen LogP contribution in [0.4, 0.5) is 0 Å². The van der Waals surface area contributed by atoms with E-state index in [2.05, 4.69) is 24.3 Å². The van der Waals surface area contributed by atoms with Gasteiger partial charge in [0.25, 0.3) is 0 Å². The van der Waals surface area contributed by atoms with Crippen LogP contribution >= 0.6 is 0 Å². The van der Waals surface area contributed by atoms with Gasteiger partial charge in [-0.1, -0.05) is 38.0 Å². The normalized spacial score (nSPS) is 11.7. The van der Waals surface area contributed by atoms with Crippen molar-refractivity contribution < 1.29 is 0 Å². The standard InChI is InChI=1S/C15H17N/c1-5-9-14(10-6-2)16-12-11-13(7-3)15(16)8-4/h5-12H,1,3-4H2,2H3/b10-6-,14-9+. The molecule has 0 fully saturated rings. The number of rotatable bonds is 5. The van der Waals surface area contributed by atoms with Crippen molar-refractivity contribution in [3.8, 4) is 0 Å². The summed E-state index contributed by atoms with van der Waals surface area (Å²) >= 11 is 0. The zero-order chi connectivity index (χ0) is 12.0. The minimum atomic E-state index is 1.04. The second-order valence-electron chi connectivity index (χ2n) is 3.26. The third-order valence-corrected chi connectivity index (χ3v) is 2.28. The second-order valence-corrected chi connectivity index (χ2v) is 3.26. The molecule has 0 spiro atoms. The average Bonchev–Trinajstić information content (AvgIpc) is 2.71. The van der Waals surface area contributed by atoms with Gasteiger partial charge in [-0.15, -0.1) is 0 Å². The summed E-state index contributed by atoms with van der Waals surface area (Å²) < 4.78 is 2.06. The van der Waals surface area contributed by atoms with Crippen LogP contribution in [0.2, 0.25) is 0 Å². The molecule has 0 N–H and O–H groups in total. The molecule has 0 radical (unpaired) electrons. The lowest BCUT2D eigenvalue weighted by molar-refractivity contribution is 1.11. The number of hydrogen-bond donors (Lipinski definition) is 0. The summed E-state index contributed by atoms with van der Waals surface area (Å²) in [7, 11) is 0. The molecule has 0 aliphatic carbocycles. The Morgan fingerprint density at radius 1 is 1.25 bits per heavy atom. The van der Waals surface area contributed by atoms with Crippen LogP contribution in [-0.2, 0) is 0 Å². The van der Waals surface area contributed by atoms with Crippen molar-refractivity contribution in [2.45, 2.75) is 6.92 Å². The van der Waals surface area contributed by atoms with Crippen LogP contribution in [0, 0.1) is 0 Å². The summed E-state index contributed by atoms with van der Waals surface area (Å²) in [4.78, 5) is 0. The molecule has 16 heavy (non-hydrogen) atoms. The maximum Gasteiger partial charge on any atom is 0.0522 e. The van der Waals surface area contributed by atoms with Gasteiger partial charge in [-0.2, -0.15) is 0 Å². The summed E-state index contributed by atoms with van der Waals surface area (Å²) in [6.45, 7) is 13.3. The lowest BCUT2D eigenvalue weighted by atomic mass is 10.2. The van der Waals surface area contributed by atoms with E-state index in [-0.39, 0.29) is 0 Å². The van der Waals surface area contributed by atoms with Gasteiger partial charge in [0.15, 0.2) is 0 Å². The summed E-state index contributed by atoms with van der Waals surface area (Å²) in [6, 6.07) is 2.02. The summed E-state index contributed by atoms with van der Waals surface area (Å²) in [5.41, 5.74) is 3.18. The highest BCUT2D eigenvalue weighted by atomic mass is 15.0. The molecular weight excluding hydrogens is 194 g/mol. The van der Waals surface area contributed by atoms with Gasteiger partial charge in [0.05, 0.1) is 5.69 Å². The van der Waals surface area contributed by atoms with E-state index in [4.69, 9.17) is 0 Å². The van der Waals surface area contributed by atoms with E-state index in [1.807, 2.05) is 49.6 Å². The third-order valence-electron chi connectivity index (χ3n) is 2.28. The lowest BCUT2D eigenvalue weighted by Gasteiger charge is -2.07. The predicted octanol–water partition coefficient (Wildman–Crippen LogP) is 4.38. The number of allylic oxidation sites excluding steroid dienone is 5. The zero-order valence-corrected chi connectivity index (χ0v) is 9.69. The molecule has 1 rings (SSSR count). The average molecular weight is 211 g/mol. The molecule has 0 bridgehead atoms. The fourth-order valence-corrected chi connectivity index (χ4v) is 1.58. The van der Waals surface area contributed by atoms with Gasteiger partial charge in [0.1, 0.15) is 0 Å². The molecule has 1 aromatic heterocycles. The highest BCUT2D eigenvalue weighted by Gasteiger charge is 2.04. The van der Waals surface area contributed by atoms with Gasteiger partial charge in [-0.3, -0.25) is 0 Å². The van der Waals surface area contributed by atoms with Gasteiger partial charge in [-0.25, -0.2) is 0 Å². The number of nitrogens with zero attached hydrogens (tertiary/aromatic N) is 1. The van der Waals surface area contributed by atoms with Crippen molar-refractivity contribution in [2.75, 3.05) is 0 Å². The molecule has 0 atom stereocenters. The molecular formula is C15H17N. The Morgan fingerprint density at radius 2 is 2.00 bits per heavy atom. The molecule has 1 heteroatoms. The fourth-order valence-electron chi connectivity index (χ4n) is 1.58. The molecule has 0 aliphatic rings. The monoisotopic (exact) mass is 211 g/mol. The van der Waals surface area contributed by atoms with Crippen LogP contribution in [0.15, 0.2) is 56.3 Å².